The minimum absolute atomic E-state index is 0.0169. The van der Waals surface area contributed by atoms with Crippen LogP contribution in [-0.4, -0.2) is 54.6 Å². The number of aromatic nitrogens is 2. The van der Waals surface area contributed by atoms with Gasteiger partial charge in [0.2, 0.25) is 5.91 Å². The average Bonchev–Trinajstić information content (AvgIpc) is 2.87. The largest absolute Gasteiger partial charge is 0.372 e. The number of carbonyl (C=O) groups excluding carboxylic acids is 1. The van der Waals surface area contributed by atoms with Gasteiger partial charge < -0.3 is 15.1 Å². The van der Waals surface area contributed by atoms with E-state index in [9.17, 15) is 4.79 Å². The van der Waals surface area contributed by atoms with Crippen LogP contribution in [0.1, 0.15) is 59.3 Å². The maximum Gasteiger partial charge on any atom is 0.224 e. The van der Waals surface area contributed by atoms with Gasteiger partial charge in [0.15, 0.2) is 11.0 Å². The normalized spacial score (nSPS) is 10.9. The summed E-state index contributed by atoms with van der Waals surface area (Å²) in [6, 6.07) is 10.5. The molecule has 1 amide bonds. The van der Waals surface area contributed by atoms with Gasteiger partial charge in [0, 0.05) is 38.3 Å². The summed E-state index contributed by atoms with van der Waals surface area (Å²) in [7, 11) is 0. The number of nitrogens with one attached hydrogen (secondary N) is 1. The third-order valence-electron chi connectivity index (χ3n) is 5.77. The molecule has 0 aliphatic heterocycles. The second-order valence-electron chi connectivity index (χ2n) is 8.13. The molecule has 0 radical (unpaired) electrons. The first-order valence-corrected chi connectivity index (χ1v) is 14.9. The highest BCUT2D eigenvalue weighted by Crippen LogP contribution is 2.34. The van der Waals surface area contributed by atoms with Crippen LogP contribution in [0.4, 0.5) is 17.2 Å². The van der Waals surface area contributed by atoms with E-state index in [0.717, 1.165) is 54.3 Å². The molecule has 1 N–H and O–H groups in total. The summed E-state index contributed by atoms with van der Waals surface area (Å²) in [4.78, 5) is 26.9. The van der Waals surface area contributed by atoms with Crippen molar-refractivity contribution in [3.8, 4) is 0 Å². The number of hydrogen-bond acceptors (Lipinski definition) is 7. The highest BCUT2D eigenvalue weighted by atomic mass is 32.2. The molecule has 0 saturated carbocycles. The Labute approximate surface area is 214 Å². The molecule has 1 aromatic carbocycles. The number of anilines is 3. The van der Waals surface area contributed by atoms with Crippen LogP contribution >= 0.6 is 23.5 Å². The molecular weight excluding hydrogens is 462 g/mol. The molecule has 1 heterocycles. The second-order valence-corrected chi connectivity index (χ2v) is 9.69. The molecule has 0 atom stereocenters. The van der Waals surface area contributed by atoms with Crippen LogP contribution in [-0.2, 0) is 4.79 Å². The summed E-state index contributed by atoms with van der Waals surface area (Å²) in [6.45, 7) is 9.98. The van der Waals surface area contributed by atoms with Crippen LogP contribution in [0.5, 0.6) is 0 Å². The van der Waals surface area contributed by atoms with Gasteiger partial charge in [-0.1, -0.05) is 56.1 Å². The Kier molecular flexibility index (Phi) is 13.2. The number of para-hydroxylation sites is 1. The van der Waals surface area contributed by atoms with Crippen LogP contribution in [0.25, 0.3) is 0 Å². The zero-order chi connectivity index (χ0) is 24.8. The van der Waals surface area contributed by atoms with Gasteiger partial charge in [0.25, 0.3) is 0 Å². The molecule has 188 valence electrons. The summed E-state index contributed by atoms with van der Waals surface area (Å²) < 4.78 is 0. The van der Waals surface area contributed by atoms with E-state index in [4.69, 9.17) is 4.98 Å². The molecule has 0 bridgehead atoms. The first-order valence-electron chi connectivity index (χ1n) is 12.4. The first kappa shape index (κ1) is 28.3. The Morgan fingerprint density at radius 1 is 0.882 bits per heavy atom. The lowest BCUT2D eigenvalue weighted by Crippen LogP contribution is -2.28. The Morgan fingerprint density at radius 2 is 1.59 bits per heavy atom. The van der Waals surface area contributed by atoms with Crippen molar-refractivity contribution >= 4 is 46.6 Å². The van der Waals surface area contributed by atoms with E-state index < -0.39 is 0 Å². The zero-order valence-electron chi connectivity index (χ0n) is 21.5. The topological polar surface area (TPSA) is 61.4 Å². The van der Waals surface area contributed by atoms with Gasteiger partial charge in [0.05, 0.1) is 0 Å². The number of unbranched alkanes of at least 4 members (excludes halogenated alkanes) is 3. The van der Waals surface area contributed by atoms with E-state index in [1.165, 1.54) is 43.1 Å². The minimum atomic E-state index is 0.0169. The number of nitrogens with zero attached hydrogens (tertiary/aromatic N) is 4. The minimum Gasteiger partial charge on any atom is -0.372 e. The van der Waals surface area contributed by atoms with E-state index in [2.05, 4.69) is 65.1 Å². The maximum absolute atomic E-state index is 13.0. The lowest BCUT2D eigenvalue weighted by atomic mass is 10.1. The van der Waals surface area contributed by atoms with Crippen molar-refractivity contribution in [1.82, 2.24) is 9.97 Å². The third kappa shape index (κ3) is 8.69. The smallest absolute Gasteiger partial charge is 0.224 e. The second kappa shape index (κ2) is 15.9. The van der Waals surface area contributed by atoms with Gasteiger partial charge in [-0.3, -0.25) is 4.79 Å². The van der Waals surface area contributed by atoms with Gasteiger partial charge in [-0.25, -0.2) is 9.97 Å². The summed E-state index contributed by atoms with van der Waals surface area (Å²) in [5.74, 6) is 0.826. The maximum atomic E-state index is 13.0. The zero-order valence-corrected chi connectivity index (χ0v) is 23.1. The predicted octanol–water partition coefficient (Wildman–Crippen LogP) is 6.57. The van der Waals surface area contributed by atoms with Crippen molar-refractivity contribution in [3.63, 3.8) is 0 Å². The van der Waals surface area contributed by atoms with Crippen LogP contribution in [0.15, 0.2) is 40.5 Å². The number of amides is 1. The van der Waals surface area contributed by atoms with Crippen molar-refractivity contribution in [2.75, 3.05) is 53.8 Å². The van der Waals surface area contributed by atoms with E-state index in [-0.39, 0.29) is 5.91 Å². The Hall–Kier alpha value is -1.93. The number of hydrogen-bond donors (Lipinski definition) is 1. The molecule has 8 heteroatoms. The summed E-state index contributed by atoms with van der Waals surface area (Å²) >= 11 is 3.07. The van der Waals surface area contributed by atoms with E-state index >= 15 is 0 Å². The summed E-state index contributed by atoms with van der Waals surface area (Å²) in [5.41, 5.74) is 1.97. The molecule has 2 aromatic rings. The van der Waals surface area contributed by atoms with E-state index in [1.54, 1.807) is 11.8 Å². The SMILES string of the molecule is CCCCCCN(CCCC(=O)Nc1c(SC)nc(SC)nc1N(CC)CC)c1ccccc1. The van der Waals surface area contributed by atoms with E-state index in [1.807, 2.05) is 18.6 Å². The lowest BCUT2D eigenvalue weighted by Gasteiger charge is -2.25. The number of carbonyl (C=O) groups is 1. The van der Waals surface area contributed by atoms with Crippen LogP contribution in [0, 0.1) is 0 Å². The van der Waals surface area contributed by atoms with Crippen molar-refractivity contribution in [1.29, 1.82) is 0 Å². The average molecular weight is 504 g/mol. The predicted molar refractivity (Wildman–Crippen MR) is 150 cm³/mol. The Morgan fingerprint density at radius 3 is 2.21 bits per heavy atom. The molecule has 0 saturated heterocycles. The lowest BCUT2D eigenvalue weighted by molar-refractivity contribution is -0.116. The quantitative estimate of drug-likeness (QED) is 0.120. The fraction of sp³-hybridized carbons (Fsp3) is 0.577. The van der Waals surface area contributed by atoms with Gasteiger partial charge >= 0.3 is 0 Å². The Bertz CT molecular complexity index is 862. The number of thioether (sulfide) groups is 2. The Balaban J connectivity index is 2.06. The van der Waals surface area contributed by atoms with Crippen LogP contribution < -0.4 is 15.1 Å². The van der Waals surface area contributed by atoms with Crippen LogP contribution in [0.3, 0.4) is 0 Å². The third-order valence-corrected chi connectivity index (χ3v) is 7.00. The van der Waals surface area contributed by atoms with Crippen LogP contribution in [0.2, 0.25) is 0 Å². The molecule has 0 aliphatic carbocycles. The summed E-state index contributed by atoms with van der Waals surface area (Å²) in [6.07, 6.45) is 10.2. The first-order chi connectivity index (χ1) is 16.6. The molecule has 1 aromatic heterocycles. The summed E-state index contributed by atoms with van der Waals surface area (Å²) in [5, 5.41) is 4.69. The van der Waals surface area contributed by atoms with Gasteiger partial charge in [-0.15, -0.1) is 11.8 Å². The highest BCUT2D eigenvalue weighted by molar-refractivity contribution is 7.99. The molecule has 34 heavy (non-hydrogen) atoms. The molecule has 0 aliphatic rings. The standard InChI is InChI=1S/C26H41N5OS2/c1-6-9-10-14-19-31(21-16-12-11-13-17-21)20-15-18-22(32)27-23-24(30(7-2)8-3)28-26(34-5)29-25(23)33-4/h11-13,16-17H,6-10,14-15,18-20H2,1-5H3,(H,27,32). The van der Waals surface area contributed by atoms with Crippen molar-refractivity contribution in [2.45, 2.75) is 69.5 Å². The molecular formula is C26H41N5OS2. The monoisotopic (exact) mass is 503 g/mol. The van der Waals surface area contributed by atoms with Crippen molar-refractivity contribution in [3.05, 3.63) is 30.3 Å². The van der Waals surface area contributed by atoms with Crippen molar-refractivity contribution < 1.29 is 4.79 Å². The van der Waals surface area contributed by atoms with Crippen molar-refractivity contribution in [2.24, 2.45) is 0 Å². The van der Waals surface area contributed by atoms with Gasteiger partial charge in [-0.05, 0) is 51.3 Å². The van der Waals surface area contributed by atoms with E-state index in [0.29, 0.717) is 6.42 Å². The number of rotatable bonds is 16. The molecule has 0 fully saturated rings. The number of benzene rings is 1. The molecule has 0 spiro atoms. The fourth-order valence-electron chi connectivity index (χ4n) is 3.88. The molecule has 2 rings (SSSR count). The van der Waals surface area contributed by atoms with Gasteiger partial charge in [0.1, 0.15) is 10.7 Å². The fourth-order valence-corrected chi connectivity index (χ4v) is 4.82. The van der Waals surface area contributed by atoms with Gasteiger partial charge in [-0.2, -0.15) is 0 Å². The molecule has 6 nitrogen and oxygen atoms in total. The highest BCUT2D eigenvalue weighted by Gasteiger charge is 2.20. The molecule has 0 unspecified atom stereocenters.